The molecule has 2 fully saturated rings. The predicted octanol–water partition coefficient (Wildman–Crippen LogP) is 3.42. The molecule has 1 unspecified atom stereocenters. The molecule has 6 nitrogen and oxygen atoms in total. The minimum absolute atomic E-state index is 0.0190. The van der Waals surface area contributed by atoms with Gasteiger partial charge in [0, 0.05) is 49.4 Å². The van der Waals surface area contributed by atoms with Crippen molar-refractivity contribution in [1.82, 2.24) is 19.9 Å². The summed E-state index contributed by atoms with van der Waals surface area (Å²) in [6.45, 7) is 3.02. The summed E-state index contributed by atoms with van der Waals surface area (Å²) in [5, 5.41) is 0. The number of pyridine rings is 1. The molecule has 2 aliphatic heterocycles. The van der Waals surface area contributed by atoms with Crippen LogP contribution in [0, 0.1) is 11.4 Å². The van der Waals surface area contributed by atoms with Crippen molar-refractivity contribution in [2.75, 3.05) is 31.1 Å². The number of amides is 1. The first-order chi connectivity index (χ1) is 14.6. The lowest BCUT2D eigenvalue weighted by Gasteiger charge is -2.25. The highest BCUT2D eigenvalue weighted by molar-refractivity contribution is 5.94. The van der Waals surface area contributed by atoms with Crippen LogP contribution in [0.3, 0.4) is 0 Å². The highest BCUT2D eigenvalue weighted by Crippen LogP contribution is 2.41. The smallest absolute Gasteiger partial charge is 0.255 e. The Balaban J connectivity index is 1.26. The van der Waals surface area contributed by atoms with Gasteiger partial charge in [-0.1, -0.05) is 30.3 Å². The standard InChI is InChI=1S/C23H22FN5O/c24-20-12-21(27-16-26-20)28-10-8-23(14-28)9-11-29(15-23)22(30)18-6-7-19(25-13-18)17-4-2-1-3-5-17/h1-7,12-13,16H,8-11,14-15H2. The fraction of sp³-hybridized carbons (Fsp3) is 0.304. The summed E-state index contributed by atoms with van der Waals surface area (Å²) in [5.74, 6) is 0.117. The monoisotopic (exact) mass is 403 g/mol. The number of hydrogen-bond acceptors (Lipinski definition) is 5. The number of aromatic nitrogens is 3. The predicted molar refractivity (Wildman–Crippen MR) is 111 cm³/mol. The van der Waals surface area contributed by atoms with Crippen molar-refractivity contribution >= 4 is 11.7 Å². The normalized spacial score (nSPS) is 20.8. The molecular formula is C23H22FN5O. The average molecular weight is 403 g/mol. The van der Waals surface area contributed by atoms with E-state index in [0.29, 0.717) is 17.9 Å². The van der Waals surface area contributed by atoms with E-state index in [1.807, 2.05) is 47.4 Å². The van der Waals surface area contributed by atoms with E-state index in [9.17, 15) is 9.18 Å². The van der Waals surface area contributed by atoms with Crippen LogP contribution in [0.15, 0.2) is 61.1 Å². The fourth-order valence-electron chi connectivity index (χ4n) is 4.55. The van der Waals surface area contributed by atoms with Crippen molar-refractivity contribution < 1.29 is 9.18 Å². The average Bonchev–Trinajstić information content (AvgIpc) is 3.41. The number of hydrogen-bond donors (Lipinski definition) is 0. The third-order valence-corrected chi connectivity index (χ3v) is 6.19. The van der Waals surface area contributed by atoms with Gasteiger partial charge in [0.1, 0.15) is 12.1 Å². The molecule has 2 aromatic heterocycles. The molecule has 5 rings (SSSR count). The molecule has 7 heteroatoms. The van der Waals surface area contributed by atoms with Crippen molar-refractivity contribution in [2.24, 2.45) is 5.41 Å². The number of rotatable bonds is 3. The summed E-state index contributed by atoms with van der Waals surface area (Å²) in [5.41, 5.74) is 2.53. The maximum atomic E-state index is 13.4. The summed E-state index contributed by atoms with van der Waals surface area (Å²) in [6.07, 6.45) is 4.83. The van der Waals surface area contributed by atoms with E-state index in [0.717, 1.165) is 43.7 Å². The third-order valence-electron chi connectivity index (χ3n) is 6.19. The number of halogens is 1. The van der Waals surface area contributed by atoms with Gasteiger partial charge in [0.25, 0.3) is 5.91 Å². The molecule has 0 aliphatic carbocycles. The van der Waals surface area contributed by atoms with Gasteiger partial charge in [-0.3, -0.25) is 9.78 Å². The van der Waals surface area contributed by atoms with E-state index in [1.54, 1.807) is 6.20 Å². The molecule has 2 aliphatic rings. The molecule has 1 spiro atoms. The summed E-state index contributed by atoms with van der Waals surface area (Å²) in [7, 11) is 0. The van der Waals surface area contributed by atoms with Crippen molar-refractivity contribution in [1.29, 1.82) is 0 Å². The maximum absolute atomic E-state index is 13.4. The first-order valence-electron chi connectivity index (χ1n) is 10.2. The Morgan fingerprint density at radius 1 is 0.967 bits per heavy atom. The minimum Gasteiger partial charge on any atom is -0.356 e. The molecule has 0 bridgehead atoms. The molecule has 1 atom stereocenters. The van der Waals surface area contributed by atoms with E-state index in [2.05, 4.69) is 19.9 Å². The highest BCUT2D eigenvalue weighted by Gasteiger charge is 2.45. The number of nitrogens with zero attached hydrogens (tertiary/aromatic N) is 5. The molecular weight excluding hydrogens is 381 g/mol. The largest absolute Gasteiger partial charge is 0.356 e. The van der Waals surface area contributed by atoms with E-state index in [-0.39, 0.29) is 11.3 Å². The third kappa shape index (κ3) is 3.51. The van der Waals surface area contributed by atoms with Crippen LogP contribution in [0.25, 0.3) is 11.3 Å². The van der Waals surface area contributed by atoms with E-state index in [4.69, 9.17) is 0 Å². The molecule has 0 N–H and O–H groups in total. The van der Waals surface area contributed by atoms with Gasteiger partial charge in [0.05, 0.1) is 11.3 Å². The van der Waals surface area contributed by atoms with Gasteiger partial charge in [-0.05, 0) is 25.0 Å². The Morgan fingerprint density at radius 2 is 1.80 bits per heavy atom. The van der Waals surface area contributed by atoms with E-state index >= 15 is 0 Å². The lowest BCUT2D eigenvalue weighted by Crippen LogP contribution is -2.34. The van der Waals surface area contributed by atoms with Crippen LogP contribution in [-0.2, 0) is 0 Å². The molecule has 4 heterocycles. The van der Waals surface area contributed by atoms with Crippen molar-refractivity contribution in [2.45, 2.75) is 12.8 Å². The van der Waals surface area contributed by atoms with Gasteiger partial charge >= 0.3 is 0 Å². The number of carbonyl (C=O) groups is 1. The molecule has 0 radical (unpaired) electrons. The lowest BCUT2D eigenvalue weighted by molar-refractivity contribution is 0.0775. The molecule has 1 amide bonds. The zero-order valence-corrected chi connectivity index (χ0v) is 16.5. The van der Waals surface area contributed by atoms with Crippen molar-refractivity contribution in [3.05, 3.63) is 72.6 Å². The molecule has 3 aromatic rings. The van der Waals surface area contributed by atoms with Crippen LogP contribution in [0.5, 0.6) is 0 Å². The van der Waals surface area contributed by atoms with Gasteiger partial charge in [-0.25, -0.2) is 9.97 Å². The van der Waals surface area contributed by atoms with E-state index in [1.165, 1.54) is 12.4 Å². The van der Waals surface area contributed by atoms with Gasteiger partial charge in [-0.2, -0.15) is 4.39 Å². The first kappa shape index (κ1) is 18.7. The van der Waals surface area contributed by atoms with Crippen LogP contribution in [0.2, 0.25) is 0 Å². The van der Waals surface area contributed by atoms with Crippen LogP contribution in [-0.4, -0.2) is 51.9 Å². The number of carbonyl (C=O) groups excluding carboxylic acids is 1. The zero-order valence-electron chi connectivity index (χ0n) is 16.5. The second-order valence-electron chi connectivity index (χ2n) is 8.15. The van der Waals surface area contributed by atoms with Crippen molar-refractivity contribution in [3.8, 4) is 11.3 Å². The van der Waals surface area contributed by atoms with Gasteiger partial charge in [0.2, 0.25) is 5.95 Å². The second-order valence-corrected chi connectivity index (χ2v) is 8.15. The number of benzene rings is 1. The molecule has 2 saturated heterocycles. The van der Waals surface area contributed by atoms with Crippen LogP contribution < -0.4 is 4.90 Å². The first-order valence-corrected chi connectivity index (χ1v) is 10.2. The number of anilines is 1. The van der Waals surface area contributed by atoms with Crippen LogP contribution in [0.1, 0.15) is 23.2 Å². The topological polar surface area (TPSA) is 62.2 Å². The van der Waals surface area contributed by atoms with Crippen molar-refractivity contribution in [3.63, 3.8) is 0 Å². The Labute approximate surface area is 174 Å². The minimum atomic E-state index is -0.518. The zero-order chi connectivity index (χ0) is 20.6. The fourth-order valence-corrected chi connectivity index (χ4v) is 4.55. The highest BCUT2D eigenvalue weighted by atomic mass is 19.1. The lowest BCUT2D eigenvalue weighted by atomic mass is 9.86. The summed E-state index contributed by atoms with van der Waals surface area (Å²) in [4.78, 5) is 29.3. The molecule has 0 saturated carbocycles. The Morgan fingerprint density at radius 3 is 2.57 bits per heavy atom. The number of likely N-dealkylation sites (tertiary alicyclic amines) is 1. The molecule has 30 heavy (non-hydrogen) atoms. The molecule has 152 valence electrons. The maximum Gasteiger partial charge on any atom is 0.255 e. The van der Waals surface area contributed by atoms with Crippen LogP contribution in [0.4, 0.5) is 10.2 Å². The summed E-state index contributed by atoms with van der Waals surface area (Å²) >= 11 is 0. The summed E-state index contributed by atoms with van der Waals surface area (Å²) < 4.78 is 13.4. The Bertz CT molecular complexity index is 1060. The van der Waals surface area contributed by atoms with Gasteiger partial charge in [-0.15, -0.1) is 0 Å². The van der Waals surface area contributed by atoms with Gasteiger partial charge < -0.3 is 9.80 Å². The molecule has 1 aromatic carbocycles. The Hall–Kier alpha value is -3.35. The second kappa shape index (κ2) is 7.48. The SMILES string of the molecule is O=C(c1ccc(-c2ccccc2)nc1)N1CCC2(CCN(c3cc(F)ncn3)C2)C1. The van der Waals surface area contributed by atoms with E-state index < -0.39 is 5.95 Å². The quantitative estimate of drug-likeness (QED) is 0.627. The van der Waals surface area contributed by atoms with Crippen LogP contribution >= 0.6 is 0 Å². The van der Waals surface area contributed by atoms with Gasteiger partial charge in [0.15, 0.2) is 0 Å². The Kier molecular flexibility index (Phi) is 4.65. The summed E-state index contributed by atoms with van der Waals surface area (Å²) in [6, 6.07) is 15.0.